The number of carbonyl (C=O) groups is 2. The normalized spacial score (nSPS) is 10.6. The number of halogens is 1. The number of hydrogen-bond donors (Lipinski definition) is 2. The van der Waals surface area contributed by atoms with E-state index in [4.69, 9.17) is 20.8 Å². The molecule has 0 aliphatic rings. The average Bonchev–Trinajstić information content (AvgIpc) is 3.53. The summed E-state index contributed by atoms with van der Waals surface area (Å²) in [4.78, 5) is 35.5. The highest BCUT2D eigenvalue weighted by molar-refractivity contribution is 6.32. The number of ether oxygens (including phenoxy) is 1. The highest BCUT2D eigenvalue weighted by Crippen LogP contribution is 2.29. The van der Waals surface area contributed by atoms with Crippen molar-refractivity contribution in [3.8, 4) is 5.75 Å². The molecular weight excluding hydrogens is 490 g/mol. The first-order valence-electron chi connectivity index (χ1n) is 10.7. The van der Waals surface area contributed by atoms with Crippen molar-refractivity contribution in [3.63, 3.8) is 0 Å². The Balaban J connectivity index is 1.37. The molecular formula is C24H20ClN5O6. The van der Waals surface area contributed by atoms with Crippen LogP contribution in [0.2, 0.25) is 5.02 Å². The van der Waals surface area contributed by atoms with Crippen molar-refractivity contribution in [2.45, 2.75) is 20.1 Å². The van der Waals surface area contributed by atoms with E-state index in [-0.39, 0.29) is 34.7 Å². The van der Waals surface area contributed by atoms with Gasteiger partial charge in [-0.3, -0.25) is 24.4 Å². The first-order chi connectivity index (χ1) is 17.3. The molecule has 4 aromatic rings. The van der Waals surface area contributed by atoms with E-state index in [9.17, 15) is 19.7 Å². The van der Waals surface area contributed by atoms with E-state index in [0.717, 1.165) is 0 Å². The summed E-state index contributed by atoms with van der Waals surface area (Å²) in [7, 11) is 0. The SMILES string of the molecule is CCn1nccc1C(=O)Nc1cccc(NC(=O)c2ccc(COc3cc([N+](=O)[O-])ccc3Cl)o2)c1. The summed E-state index contributed by atoms with van der Waals surface area (Å²) >= 11 is 6.03. The van der Waals surface area contributed by atoms with Crippen molar-refractivity contribution < 1.29 is 23.7 Å². The topological polar surface area (TPSA) is 142 Å². The molecule has 2 heterocycles. The standard InChI is InChI=1S/C24H20ClN5O6/c1-2-29-20(10-11-26-29)23(31)27-15-4-3-5-16(12-15)28-24(32)21-9-7-18(36-21)14-35-22-13-17(30(33)34)6-8-19(22)25/h3-13H,2,14H2,1H3,(H,27,31)(H,28,32). The second-order valence-corrected chi connectivity index (χ2v) is 7.85. The van der Waals surface area contributed by atoms with Crippen LogP contribution in [-0.2, 0) is 13.2 Å². The van der Waals surface area contributed by atoms with Crippen LogP contribution in [0, 0.1) is 10.1 Å². The van der Waals surface area contributed by atoms with E-state index in [1.165, 1.54) is 24.3 Å². The van der Waals surface area contributed by atoms with Gasteiger partial charge < -0.3 is 19.8 Å². The predicted octanol–water partition coefficient (Wildman–Crippen LogP) is 5.14. The zero-order valence-electron chi connectivity index (χ0n) is 18.9. The first-order valence-corrected chi connectivity index (χ1v) is 11.1. The maximum absolute atomic E-state index is 12.6. The molecule has 0 aliphatic carbocycles. The summed E-state index contributed by atoms with van der Waals surface area (Å²) in [6.45, 7) is 2.35. The van der Waals surface area contributed by atoms with Gasteiger partial charge in [0.2, 0.25) is 0 Å². The molecule has 2 N–H and O–H groups in total. The van der Waals surface area contributed by atoms with E-state index in [2.05, 4.69) is 15.7 Å². The molecule has 0 spiro atoms. The zero-order valence-corrected chi connectivity index (χ0v) is 19.7. The summed E-state index contributed by atoms with van der Waals surface area (Å²) in [5.41, 5.74) is 1.19. The summed E-state index contributed by atoms with van der Waals surface area (Å²) in [6, 6.07) is 15.1. The number of nitro groups is 1. The number of nitrogens with one attached hydrogen (secondary N) is 2. The summed E-state index contributed by atoms with van der Waals surface area (Å²) < 4.78 is 12.6. The third-order valence-electron chi connectivity index (χ3n) is 5.01. The van der Waals surface area contributed by atoms with E-state index < -0.39 is 10.8 Å². The van der Waals surface area contributed by atoms with Crippen LogP contribution < -0.4 is 15.4 Å². The van der Waals surface area contributed by atoms with Crippen LogP contribution in [0.5, 0.6) is 5.75 Å². The Bertz CT molecular complexity index is 1430. The molecule has 0 atom stereocenters. The number of non-ortho nitro benzene ring substituents is 1. The van der Waals surface area contributed by atoms with Crippen molar-refractivity contribution in [2.75, 3.05) is 10.6 Å². The second-order valence-electron chi connectivity index (χ2n) is 7.45. The number of rotatable bonds is 9. The van der Waals surface area contributed by atoms with Crippen LogP contribution in [0.15, 0.2) is 71.3 Å². The quantitative estimate of drug-likeness (QED) is 0.235. The van der Waals surface area contributed by atoms with Crippen molar-refractivity contribution in [2.24, 2.45) is 0 Å². The molecule has 36 heavy (non-hydrogen) atoms. The van der Waals surface area contributed by atoms with Crippen LogP contribution in [-0.4, -0.2) is 26.5 Å². The third-order valence-corrected chi connectivity index (χ3v) is 5.32. The zero-order chi connectivity index (χ0) is 25.7. The Kier molecular flexibility index (Phi) is 7.31. The third kappa shape index (κ3) is 5.70. The minimum absolute atomic E-state index is 0.0278. The van der Waals surface area contributed by atoms with Gasteiger partial charge in [-0.2, -0.15) is 5.10 Å². The number of nitro benzene ring substituents is 1. The molecule has 0 saturated heterocycles. The average molecular weight is 510 g/mol. The molecule has 0 radical (unpaired) electrons. The molecule has 0 unspecified atom stereocenters. The minimum Gasteiger partial charge on any atom is -0.484 e. The van der Waals surface area contributed by atoms with Gasteiger partial charge in [0.15, 0.2) is 5.76 Å². The van der Waals surface area contributed by atoms with Crippen molar-refractivity contribution in [1.29, 1.82) is 0 Å². The lowest BCUT2D eigenvalue weighted by atomic mass is 10.2. The van der Waals surface area contributed by atoms with E-state index in [0.29, 0.717) is 29.4 Å². The fourth-order valence-corrected chi connectivity index (χ4v) is 3.45. The molecule has 11 nitrogen and oxygen atoms in total. The molecule has 2 amide bonds. The van der Waals surface area contributed by atoms with Gasteiger partial charge in [0.1, 0.15) is 23.8 Å². The fraction of sp³-hybridized carbons (Fsp3) is 0.125. The van der Waals surface area contributed by atoms with Gasteiger partial charge in [0.05, 0.1) is 16.0 Å². The molecule has 0 bridgehead atoms. The number of hydrogen-bond acceptors (Lipinski definition) is 7. The van der Waals surface area contributed by atoms with E-state index in [1.54, 1.807) is 47.3 Å². The smallest absolute Gasteiger partial charge is 0.291 e. The molecule has 0 aliphatic heterocycles. The summed E-state index contributed by atoms with van der Waals surface area (Å²) in [6.07, 6.45) is 1.55. The largest absolute Gasteiger partial charge is 0.484 e. The highest BCUT2D eigenvalue weighted by atomic mass is 35.5. The van der Waals surface area contributed by atoms with Crippen LogP contribution in [0.1, 0.15) is 33.7 Å². The molecule has 12 heteroatoms. The van der Waals surface area contributed by atoms with Crippen molar-refractivity contribution in [3.05, 3.63) is 99.2 Å². The lowest BCUT2D eigenvalue weighted by Crippen LogP contribution is -2.17. The number of amides is 2. The molecule has 0 saturated carbocycles. The Morgan fingerprint density at radius 1 is 1.08 bits per heavy atom. The molecule has 2 aromatic carbocycles. The van der Waals surface area contributed by atoms with E-state index >= 15 is 0 Å². The van der Waals surface area contributed by atoms with Gasteiger partial charge in [-0.15, -0.1) is 0 Å². The highest BCUT2D eigenvalue weighted by Gasteiger charge is 2.15. The van der Waals surface area contributed by atoms with Gasteiger partial charge >= 0.3 is 0 Å². The Labute approximate surface area is 209 Å². The van der Waals surface area contributed by atoms with Crippen LogP contribution >= 0.6 is 11.6 Å². The maximum Gasteiger partial charge on any atom is 0.291 e. The van der Waals surface area contributed by atoms with Gasteiger partial charge in [0, 0.05) is 30.2 Å². The number of aryl methyl sites for hydroxylation is 1. The maximum atomic E-state index is 12.6. The van der Waals surface area contributed by atoms with Crippen molar-refractivity contribution >= 4 is 40.5 Å². The lowest BCUT2D eigenvalue weighted by Gasteiger charge is -2.09. The Hall–Kier alpha value is -4.64. The number of carbonyl (C=O) groups excluding carboxylic acids is 2. The number of benzene rings is 2. The van der Waals surface area contributed by atoms with Gasteiger partial charge in [0.25, 0.3) is 17.5 Å². The van der Waals surface area contributed by atoms with Crippen LogP contribution in [0.4, 0.5) is 17.1 Å². The molecule has 4 rings (SSSR count). The first kappa shape index (κ1) is 24.5. The minimum atomic E-state index is -0.556. The van der Waals surface area contributed by atoms with Gasteiger partial charge in [-0.25, -0.2) is 0 Å². The second kappa shape index (κ2) is 10.7. The Morgan fingerprint density at radius 3 is 2.56 bits per heavy atom. The number of aromatic nitrogens is 2. The van der Waals surface area contributed by atoms with Crippen LogP contribution in [0.25, 0.3) is 0 Å². The van der Waals surface area contributed by atoms with E-state index in [1.807, 2.05) is 6.92 Å². The van der Waals surface area contributed by atoms with Gasteiger partial charge in [-0.05, 0) is 49.4 Å². The van der Waals surface area contributed by atoms with Crippen molar-refractivity contribution in [1.82, 2.24) is 9.78 Å². The van der Waals surface area contributed by atoms with Crippen LogP contribution in [0.3, 0.4) is 0 Å². The fourth-order valence-electron chi connectivity index (χ4n) is 3.28. The number of nitrogens with zero attached hydrogens (tertiary/aromatic N) is 3. The summed E-state index contributed by atoms with van der Waals surface area (Å²) in [5, 5.41) is 20.7. The van der Waals surface area contributed by atoms with Gasteiger partial charge in [-0.1, -0.05) is 17.7 Å². The number of furan rings is 1. The lowest BCUT2D eigenvalue weighted by molar-refractivity contribution is -0.384. The number of anilines is 2. The predicted molar refractivity (Wildman–Crippen MR) is 131 cm³/mol. The molecule has 184 valence electrons. The summed E-state index contributed by atoms with van der Waals surface area (Å²) in [5.74, 6) is -0.370. The monoisotopic (exact) mass is 509 g/mol. The molecule has 2 aromatic heterocycles. The Morgan fingerprint density at radius 2 is 1.83 bits per heavy atom. The molecule has 0 fully saturated rings.